The molecule has 4 rings (SSSR count). The summed E-state index contributed by atoms with van der Waals surface area (Å²) in [5.41, 5.74) is 4.25. The lowest BCUT2D eigenvalue weighted by Gasteiger charge is -2.10. The molecule has 0 radical (unpaired) electrons. The summed E-state index contributed by atoms with van der Waals surface area (Å²) in [6, 6.07) is 16.6. The Hall–Kier alpha value is -2.15. The van der Waals surface area contributed by atoms with Crippen LogP contribution in [0.1, 0.15) is 16.7 Å². The van der Waals surface area contributed by atoms with Crippen molar-refractivity contribution in [1.29, 1.82) is 0 Å². The predicted molar refractivity (Wildman–Crippen MR) is 118 cm³/mol. The lowest BCUT2D eigenvalue weighted by Crippen LogP contribution is -2.17. The topological polar surface area (TPSA) is 42.0 Å². The Bertz CT molecular complexity index is 1100. The van der Waals surface area contributed by atoms with Crippen LogP contribution in [0, 0.1) is 13.8 Å². The molecule has 3 nitrogen and oxygen atoms in total. The van der Waals surface area contributed by atoms with E-state index in [9.17, 15) is 4.79 Å². The van der Waals surface area contributed by atoms with E-state index in [1.54, 1.807) is 11.8 Å². The van der Waals surface area contributed by atoms with Crippen molar-refractivity contribution in [1.82, 2.24) is 10.3 Å². The second-order valence-corrected chi connectivity index (χ2v) is 9.08. The summed E-state index contributed by atoms with van der Waals surface area (Å²) >= 11 is 7.99. The van der Waals surface area contributed by atoms with Gasteiger partial charge in [0.25, 0.3) is 5.91 Å². The molecule has 1 fully saturated rings. The van der Waals surface area contributed by atoms with Crippen LogP contribution >= 0.6 is 35.7 Å². The first-order chi connectivity index (χ1) is 13.0. The molecule has 0 saturated carbocycles. The van der Waals surface area contributed by atoms with Crippen LogP contribution < -0.4 is 5.32 Å². The van der Waals surface area contributed by atoms with E-state index in [2.05, 4.69) is 55.6 Å². The zero-order valence-corrected chi connectivity index (χ0v) is 17.2. The highest BCUT2D eigenvalue weighted by molar-refractivity contribution is 8.26. The number of amides is 1. The molecule has 1 aliphatic heterocycles. The molecule has 2 aromatic carbocycles. The first kappa shape index (κ1) is 18.2. The van der Waals surface area contributed by atoms with E-state index in [4.69, 9.17) is 17.2 Å². The largest absolute Gasteiger partial charge is 0.307 e. The van der Waals surface area contributed by atoms with Gasteiger partial charge in [0.2, 0.25) is 0 Å². The van der Waals surface area contributed by atoms with Gasteiger partial charge in [0.05, 0.1) is 10.4 Å². The van der Waals surface area contributed by atoms with Gasteiger partial charge in [-0.2, -0.15) is 0 Å². The minimum atomic E-state index is -0.152. The molecular weight excluding hydrogens is 392 g/mol. The molecule has 2 heterocycles. The number of pyridine rings is 1. The Kier molecular flexibility index (Phi) is 5.04. The number of hydrogen-bond acceptors (Lipinski definition) is 5. The zero-order chi connectivity index (χ0) is 19.0. The maximum absolute atomic E-state index is 12.1. The number of benzene rings is 2. The summed E-state index contributed by atoms with van der Waals surface area (Å²) in [7, 11) is 0. The molecule has 27 heavy (non-hydrogen) atoms. The van der Waals surface area contributed by atoms with Gasteiger partial charge in [0, 0.05) is 15.8 Å². The summed E-state index contributed by atoms with van der Waals surface area (Å²) in [6.07, 6.45) is 1.88. The number of aryl methyl sites for hydroxylation is 2. The van der Waals surface area contributed by atoms with Crippen LogP contribution in [-0.2, 0) is 4.79 Å². The average Bonchev–Trinajstić information content (AvgIpc) is 2.95. The summed E-state index contributed by atoms with van der Waals surface area (Å²) in [4.78, 5) is 18.7. The van der Waals surface area contributed by atoms with Crippen molar-refractivity contribution in [3.63, 3.8) is 0 Å². The third-order valence-corrected chi connectivity index (χ3v) is 6.40. The van der Waals surface area contributed by atoms with Gasteiger partial charge < -0.3 is 5.32 Å². The van der Waals surface area contributed by atoms with Gasteiger partial charge >= 0.3 is 0 Å². The SMILES string of the molecule is Cc1ccc(Sc2nc3c(C)cccc3cc2/C=C2\SC(=S)NC2=O)cc1. The number of nitrogens with one attached hydrogen (secondary N) is 1. The monoisotopic (exact) mass is 408 g/mol. The van der Waals surface area contributed by atoms with Gasteiger partial charge in [0.15, 0.2) is 0 Å². The molecule has 1 saturated heterocycles. The van der Waals surface area contributed by atoms with Crippen LogP contribution in [0.3, 0.4) is 0 Å². The minimum absolute atomic E-state index is 0.152. The molecule has 0 atom stereocenters. The van der Waals surface area contributed by atoms with Gasteiger partial charge in [-0.05, 0) is 43.7 Å². The average molecular weight is 409 g/mol. The number of thiocarbonyl (C=S) groups is 1. The first-order valence-electron chi connectivity index (χ1n) is 8.39. The van der Waals surface area contributed by atoms with Gasteiger partial charge in [-0.25, -0.2) is 4.98 Å². The Morgan fingerprint density at radius 1 is 1.15 bits per heavy atom. The fraction of sp³-hybridized carbons (Fsp3) is 0.0952. The van der Waals surface area contributed by atoms with Crippen LogP contribution in [0.25, 0.3) is 17.0 Å². The second-order valence-electron chi connectivity index (χ2n) is 6.30. The highest BCUT2D eigenvalue weighted by atomic mass is 32.2. The fourth-order valence-electron chi connectivity index (χ4n) is 2.81. The maximum atomic E-state index is 12.1. The van der Waals surface area contributed by atoms with Crippen LogP contribution in [0.2, 0.25) is 0 Å². The van der Waals surface area contributed by atoms with Gasteiger partial charge in [0.1, 0.15) is 9.35 Å². The smallest absolute Gasteiger partial charge is 0.263 e. The summed E-state index contributed by atoms with van der Waals surface area (Å²) in [6.45, 7) is 4.13. The molecular formula is C21H16N2OS3. The number of thioether (sulfide) groups is 1. The minimum Gasteiger partial charge on any atom is -0.307 e. The number of rotatable bonds is 3. The van der Waals surface area contributed by atoms with Crippen molar-refractivity contribution in [2.75, 3.05) is 0 Å². The molecule has 134 valence electrons. The quantitative estimate of drug-likeness (QED) is 0.458. The highest BCUT2D eigenvalue weighted by Gasteiger charge is 2.23. The first-order valence-corrected chi connectivity index (χ1v) is 10.4. The number of aromatic nitrogens is 1. The normalized spacial score (nSPS) is 15.6. The summed E-state index contributed by atoms with van der Waals surface area (Å²) in [5.74, 6) is -0.152. The third-order valence-electron chi connectivity index (χ3n) is 4.20. The van der Waals surface area contributed by atoms with E-state index in [1.165, 1.54) is 17.3 Å². The third kappa shape index (κ3) is 3.93. The Morgan fingerprint density at radius 3 is 2.63 bits per heavy atom. The van der Waals surface area contributed by atoms with E-state index >= 15 is 0 Å². The second kappa shape index (κ2) is 7.46. The van der Waals surface area contributed by atoms with Crippen molar-refractivity contribution < 1.29 is 4.79 Å². The molecule has 0 bridgehead atoms. The van der Waals surface area contributed by atoms with E-state index in [-0.39, 0.29) is 5.91 Å². The molecule has 0 aliphatic carbocycles. The van der Waals surface area contributed by atoms with E-state index in [0.717, 1.165) is 32.0 Å². The maximum Gasteiger partial charge on any atom is 0.263 e. The standard InChI is InChI=1S/C21H16N2OS3/c1-12-6-8-16(9-7-12)26-20-15(11-17-19(24)23-21(25)27-17)10-14-5-3-4-13(2)18(14)22-20/h3-11H,1-2H3,(H,23,24,25)/b17-11-. The molecule has 1 aromatic heterocycles. The van der Waals surface area contributed by atoms with Crippen molar-refractivity contribution in [3.8, 4) is 0 Å². The van der Waals surface area contributed by atoms with Gasteiger partial charge in [-0.3, -0.25) is 4.79 Å². The number of para-hydroxylation sites is 1. The van der Waals surface area contributed by atoms with E-state index < -0.39 is 0 Å². The van der Waals surface area contributed by atoms with Crippen LogP contribution in [0.5, 0.6) is 0 Å². The molecule has 3 aromatic rings. The zero-order valence-electron chi connectivity index (χ0n) is 14.8. The van der Waals surface area contributed by atoms with Gasteiger partial charge in [-0.15, -0.1) is 0 Å². The van der Waals surface area contributed by atoms with Crippen LogP contribution in [0.15, 0.2) is 63.4 Å². The number of carbonyl (C=O) groups is 1. The van der Waals surface area contributed by atoms with E-state index in [0.29, 0.717) is 9.23 Å². The summed E-state index contributed by atoms with van der Waals surface area (Å²) in [5, 5.41) is 4.60. The van der Waals surface area contributed by atoms with Crippen molar-refractivity contribution in [3.05, 3.63) is 70.1 Å². The number of fused-ring (bicyclic) bond motifs is 1. The van der Waals surface area contributed by atoms with Crippen molar-refractivity contribution in [2.24, 2.45) is 0 Å². The number of carbonyl (C=O) groups excluding carboxylic acids is 1. The van der Waals surface area contributed by atoms with Crippen LogP contribution in [0.4, 0.5) is 0 Å². The highest BCUT2D eigenvalue weighted by Crippen LogP contribution is 2.35. The molecule has 6 heteroatoms. The lowest BCUT2D eigenvalue weighted by molar-refractivity contribution is -0.115. The molecule has 1 aliphatic rings. The lowest BCUT2D eigenvalue weighted by atomic mass is 10.1. The Labute approximate surface area is 171 Å². The molecule has 0 unspecified atom stereocenters. The Balaban J connectivity index is 1.84. The van der Waals surface area contributed by atoms with Crippen LogP contribution in [-0.4, -0.2) is 15.2 Å². The Morgan fingerprint density at radius 2 is 1.93 bits per heavy atom. The summed E-state index contributed by atoms with van der Waals surface area (Å²) < 4.78 is 0.489. The molecule has 1 N–H and O–H groups in total. The van der Waals surface area contributed by atoms with Gasteiger partial charge in [-0.1, -0.05) is 71.6 Å². The molecule has 1 amide bonds. The fourth-order valence-corrected chi connectivity index (χ4v) is 4.71. The predicted octanol–water partition coefficient (Wildman–Crippen LogP) is 5.49. The number of nitrogens with zero attached hydrogens (tertiary/aromatic N) is 1. The van der Waals surface area contributed by atoms with Crippen molar-refractivity contribution >= 4 is 62.9 Å². The van der Waals surface area contributed by atoms with Crippen molar-refractivity contribution in [2.45, 2.75) is 23.8 Å². The molecule has 0 spiro atoms. The van der Waals surface area contributed by atoms with E-state index in [1.807, 2.05) is 18.2 Å². The number of hydrogen-bond donors (Lipinski definition) is 1.